The van der Waals surface area contributed by atoms with Gasteiger partial charge in [-0.3, -0.25) is 19.4 Å². The molecular formula is C35H63N3O7. The highest BCUT2D eigenvalue weighted by atomic mass is 16.7. The Bertz CT molecular complexity index is 1010. The molecular weight excluding hydrogens is 574 g/mol. The molecule has 4 fully saturated rings. The topological polar surface area (TPSA) is 101 Å². The molecule has 4 rings (SSSR count). The third-order valence-electron chi connectivity index (χ3n) is 11.8. The Morgan fingerprint density at radius 1 is 1.04 bits per heavy atom. The lowest BCUT2D eigenvalue weighted by Crippen LogP contribution is -2.59. The SMILES string of the molecule is CCN1C2CC[C@@H]1CC([C@@H]1COC(=O)C(C)(C)C(=O)[C@H](C)[C@@H](O[C@@H]3O[C@H](C)C[C@H](N(C)C)[C@H]3O)[C@](C)(OC)C[C@@H](C)CN1C)C2. The second-order valence-electron chi connectivity index (χ2n) is 15.8. The van der Waals surface area contributed by atoms with Crippen molar-refractivity contribution in [3.05, 3.63) is 0 Å². The summed E-state index contributed by atoms with van der Waals surface area (Å²) in [6.45, 7) is 15.7. The molecule has 4 saturated heterocycles. The first-order valence-corrected chi connectivity index (χ1v) is 17.4. The smallest absolute Gasteiger partial charge is 0.319 e. The summed E-state index contributed by atoms with van der Waals surface area (Å²) in [4.78, 5) is 35.1. The number of rotatable bonds is 6. The van der Waals surface area contributed by atoms with Crippen LogP contribution in [0.5, 0.6) is 0 Å². The predicted molar refractivity (Wildman–Crippen MR) is 174 cm³/mol. The summed E-state index contributed by atoms with van der Waals surface area (Å²) in [7, 11) is 7.68. The van der Waals surface area contributed by atoms with E-state index in [1.807, 2.05) is 32.8 Å². The predicted octanol–water partition coefficient (Wildman–Crippen LogP) is 3.58. The monoisotopic (exact) mass is 637 g/mol. The van der Waals surface area contributed by atoms with E-state index in [0.29, 0.717) is 30.8 Å². The number of esters is 1. The Labute approximate surface area is 272 Å². The van der Waals surface area contributed by atoms with Crippen molar-refractivity contribution >= 4 is 11.8 Å². The summed E-state index contributed by atoms with van der Waals surface area (Å²) in [6, 6.07) is 1.08. The molecule has 0 saturated carbocycles. The van der Waals surface area contributed by atoms with E-state index < -0.39 is 41.4 Å². The minimum atomic E-state index is -1.39. The number of nitrogens with zero attached hydrogens (tertiary/aromatic N) is 3. The van der Waals surface area contributed by atoms with Gasteiger partial charge in [-0.15, -0.1) is 0 Å². The fraction of sp³-hybridized carbons (Fsp3) is 0.943. The first kappa shape index (κ1) is 36.7. The standard InChI is InChI=1S/C35H63N3O7/c1-12-38-25-13-14-26(38)17-24(16-25)28-20-43-33(41)34(5,6)30(40)23(4)31(35(7,42-11)18-21(2)19-37(28)10)45-32-29(39)27(36(8)9)15-22(3)44-32/h21-29,31-32,39H,12-20H2,1-11H3/t21-,22-,23+,24?,25-,26?,27+,28+,29-,31-,32+,35-/m1/s1. The third-order valence-corrected chi connectivity index (χ3v) is 11.8. The van der Waals surface area contributed by atoms with Gasteiger partial charge in [0.15, 0.2) is 12.1 Å². The quantitative estimate of drug-likeness (QED) is 0.344. The van der Waals surface area contributed by atoms with Gasteiger partial charge < -0.3 is 29.0 Å². The van der Waals surface area contributed by atoms with Crippen molar-refractivity contribution < 1.29 is 33.6 Å². The van der Waals surface area contributed by atoms with Crippen molar-refractivity contribution in [3.63, 3.8) is 0 Å². The van der Waals surface area contributed by atoms with Gasteiger partial charge in [-0.2, -0.15) is 0 Å². The Morgan fingerprint density at radius 3 is 2.22 bits per heavy atom. The Balaban J connectivity index is 1.65. The summed E-state index contributed by atoms with van der Waals surface area (Å²) >= 11 is 0. The zero-order valence-corrected chi connectivity index (χ0v) is 30.0. The molecule has 0 radical (unpaired) electrons. The molecule has 10 heteroatoms. The van der Waals surface area contributed by atoms with Crippen LogP contribution in [0, 0.1) is 23.2 Å². The summed E-state index contributed by atoms with van der Waals surface area (Å²) < 4.78 is 25.2. The molecule has 4 heterocycles. The second kappa shape index (κ2) is 14.5. The van der Waals surface area contributed by atoms with Crippen LogP contribution in [0.25, 0.3) is 0 Å². The highest BCUT2D eigenvalue weighted by Crippen LogP contribution is 2.42. The van der Waals surface area contributed by atoms with Crippen molar-refractivity contribution in [2.24, 2.45) is 23.2 Å². The molecule has 12 atom stereocenters. The van der Waals surface area contributed by atoms with Gasteiger partial charge in [0, 0.05) is 43.7 Å². The van der Waals surface area contributed by atoms with E-state index in [-0.39, 0.29) is 36.5 Å². The Morgan fingerprint density at radius 2 is 1.67 bits per heavy atom. The molecule has 0 aliphatic carbocycles. The zero-order valence-electron chi connectivity index (χ0n) is 30.0. The lowest BCUT2D eigenvalue weighted by Gasteiger charge is -2.47. The Hall–Kier alpha value is -1.14. The summed E-state index contributed by atoms with van der Waals surface area (Å²) in [5.74, 6) is -0.918. The minimum absolute atomic E-state index is 0.0682. The van der Waals surface area contributed by atoms with E-state index in [4.69, 9.17) is 18.9 Å². The molecule has 2 unspecified atom stereocenters. The first-order chi connectivity index (χ1) is 21.0. The number of ketones is 1. The van der Waals surface area contributed by atoms with Crippen molar-refractivity contribution in [2.75, 3.05) is 47.9 Å². The van der Waals surface area contributed by atoms with Gasteiger partial charge >= 0.3 is 5.97 Å². The van der Waals surface area contributed by atoms with Gasteiger partial charge in [0.1, 0.15) is 18.1 Å². The maximum Gasteiger partial charge on any atom is 0.319 e. The molecule has 260 valence electrons. The normalized spacial score (nSPS) is 44.2. The number of fused-ring (bicyclic) bond motifs is 2. The molecule has 0 aromatic rings. The van der Waals surface area contributed by atoms with Gasteiger partial charge in [0.25, 0.3) is 0 Å². The number of ether oxygens (including phenoxy) is 4. The second-order valence-corrected chi connectivity index (χ2v) is 15.8. The molecule has 4 aliphatic heterocycles. The van der Waals surface area contributed by atoms with E-state index in [0.717, 1.165) is 25.9 Å². The van der Waals surface area contributed by atoms with Gasteiger partial charge in [0.2, 0.25) is 0 Å². The van der Waals surface area contributed by atoms with Crippen LogP contribution in [-0.2, 0) is 28.5 Å². The van der Waals surface area contributed by atoms with Crippen molar-refractivity contribution in [1.82, 2.24) is 14.7 Å². The average molecular weight is 638 g/mol. The molecule has 0 amide bonds. The molecule has 10 nitrogen and oxygen atoms in total. The largest absolute Gasteiger partial charge is 0.463 e. The number of carbonyl (C=O) groups is 2. The number of carbonyl (C=O) groups excluding carboxylic acids is 2. The van der Waals surface area contributed by atoms with Gasteiger partial charge in [0.05, 0.1) is 17.8 Å². The number of Topliss-reactive ketones (excluding diaryl/α,β-unsaturated/α-hetero) is 1. The zero-order chi connectivity index (χ0) is 33.4. The maximum atomic E-state index is 14.3. The highest BCUT2D eigenvalue weighted by molar-refractivity contribution is 6.04. The van der Waals surface area contributed by atoms with E-state index in [1.54, 1.807) is 27.9 Å². The number of cyclic esters (lactones) is 1. The summed E-state index contributed by atoms with van der Waals surface area (Å²) in [6.07, 6.45) is 3.17. The molecule has 2 bridgehead atoms. The van der Waals surface area contributed by atoms with Crippen LogP contribution >= 0.6 is 0 Å². The molecule has 1 N–H and O–H groups in total. The van der Waals surface area contributed by atoms with Gasteiger partial charge in [-0.25, -0.2) is 0 Å². The van der Waals surface area contributed by atoms with E-state index >= 15 is 0 Å². The fourth-order valence-electron chi connectivity index (χ4n) is 9.21. The fourth-order valence-corrected chi connectivity index (χ4v) is 9.21. The van der Waals surface area contributed by atoms with E-state index in [1.165, 1.54) is 12.8 Å². The molecule has 4 aliphatic rings. The maximum absolute atomic E-state index is 14.3. The van der Waals surface area contributed by atoms with Crippen LogP contribution in [0.4, 0.5) is 0 Å². The van der Waals surface area contributed by atoms with Crippen LogP contribution in [0.3, 0.4) is 0 Å². The number of methoxy groups -OCH3 is 1. The average Bonchev–Trinajstić information content (AvgIpc) is 3.23. The van der Waals surface area contributed by atoms with Crippen LogP contribution < -0.4 is 0 Å². The number of piperidine rings is 1. The lowest BCUT2D eigenvalue weighted by atomic mass is 9.74. The van der Waals surface area contributed by atoms with Crippen LogP contribution in [0.2, 0.25) is 0 Å². The van der Waals surface area contributed by atoms with Gasteiger partial charge in [-0.05, 0) is 106 Å². The van der Waals surface area contributed by atoms with E-state index in [2.05, 4.69) is 30.7 Å². The Kier molecular flexibility index (Phi) is 11.9. The molecule has 0 aromatic heterocycles. The molecule has 45 heavy (non-hydrogen) atoms. The first-order valence-electron chi connectivity index (χ1n) is 17.4. The molecule has 0 aromatic carbocycles. The third kappa shape index (κ3) is 7.63. The van der Waals surface area contributed by atoms with Crippen molar-refractivity contribution in [3.8, 4) is 0 Å². The van der Waals surface area contributed by atoms with Gasteiger partial charge in [-0.1, -0.05) is 20.8 Å². The van der Waals surface area contributed by atoms with Crippen LogP contribution in [0.15, 0.2) is 0 Å². The van der Waals surface area contributed by atoms with E-state index in [9.17, 15) is 14.7 Å². The lowest BCUT2D eigenvalue weighted by molar-refractivity contribution is -0.295. The summed E-state index contributed by atoms with van der Waals surface area (Å²) in [5, 5.41) is 11.3. The number of aliphatic hydroxyl groups is 1. The van der Waals surface area contributed by atoms with Crippen molar-refractivity contribution in [1.29, 1.82) is 0 Å². The number of hydrogen-bond acceptors (Lipinski definition) is 10. The molecule has 0 spiro atoms. The minimum Gasteiger partial charge on any atom is -0.463 e. The van der Waals surface area contributed by atoms with Crippen LogP contribution in [0.1, 0.15) is 87.0 Å². The number of hydrogen-bond donors (Lipinski definition) is 1. The summed E-state index contributed by atoms with van der Waals surface area (Å²) in [5.41, 5.74) is -2.30. The highest BCUT2D eigenvalue weighted by Gasteiger charge is 2.52. The number of aliphatic hydroxyl groups excluding tert-OH is 1. The van der Waals surface area contributed by atoms with Crippen LogP contribution in [-0.4, -0.2) is 134 Å². The van der Waals surface area contributed by atoms with Crippen molar-refractivity contribution in [2.45, 2.75) is 141 Å². The number of likely N-dealkylation sites (N-methyl/N-ethyl adjacent to an activating group) is 2.